The summed E-state index contributed by atoms with van der Waals surface area (Å²) in [5, 5.41) is 9.94. The van der Waals surface area contributed by atoms with Crippen molar-refractivity contribution >= 4 is 5.91 Å². The first-order chi connectivity index (χ1) is 10.5. The Morgan fingerprint density at radius 2 is 2.23 bits per heavy atom. The summed E-state index contributed by atoms with van der Waals surface area (Å²) in [7, 11) is 0. The number of likely N-dealkylation sites (tertiary alicyclic amines) is 1. The minimum Gasteiger partial charge on any atom is -0.436 e. The van der Waals surface area contributed by atoms with E-state index in [0.717, 1.165) is 0 Å². The minimum atomic E-state index is -0.637. The predicted molar refractivity (Wildman–Crippen MR) is 76.8 cm³/mol. The molecule has 0 bridgehead atoms. The number of halogens is 1. The largest absolute Gasteiger partial charge is 0.436 e. The molecular weight excluding hydrogens is 287 g/mol. The predicted octanol–water partition coefficient (Wildman–Crippen LogP) is 2.38. The van der Waals surface area contributed by atoms with Crippen LogP contribution in [0.3, 0.4) is 0 Å². The molecule has 0 spiro atoms. The zero-order chi connectivity index (χ0) is 15.9. The van der Waals surface area contributed by atoms with E-state index in [1.165, 1.54) is 17.0 Å². The van der Waals surface area contributed by atoms with Gasteiger partial charge in [-0.3, -0.25) is 4.79 Å². The first-order valence-electron chi connectivity index (χ1n) is 7.14. The van der Waals surface area contributed by atoms with E-state index in [4.69, 9.17) is 4.42 Å². The minimum absolute atomic E-state index is 0.174. The molecule has 1 saturated heterocycles. The van der Waals surface area contributed by atoms with Crippen molar-refractivity contribution in [3.8, 4) is 0 Å². The Balaban J connectivity index is 1.94. The number of hydrogen-bond donors (Lipinski definition) is 1. The maximum absolute atomic E-state index is 13.4. The Morgan fingerprint density at radius 3 is 2.86 bits per heavy atom. The first-order valence-corrected chi connectivity index (χ1v) is 7.14. The van der Waals surface area contributed by atoms with Gasteiger partial charge in [-0.1, -0.05) is 12.1 Å². The van der Waals surface area contributed by atoms with Crippen molar-refractivity contribution in [1.29, 1.82) is 0 Å². The van der Waals surface area contributed by atoms with Gasteiger partial charge in [-0.05, 0) is 31.0 Å². The summed E-state index contributed by atoms with van der Waals surface area (Å²) in [4.78, 5) is 18.3. The summed E-state index contributed by atoms with van der Waals surface area (Å²) in [5.41, 5.74) is 1.18. The molecule has 3 rings (SSSR count). The van der Waals surface area contributed by atoms with Crippen LogP contribution in [0.25, 0.3) is 0 Å². The van der Waals surface area contributed by atoms with Crippen molar-refractivity contribution in [2.75, 3.05) is 6.54 Å². The number of carbonyl (C=O) groups is 1. The molecule has 0 unspecified atom stereocenters. The van der Waals surface area contributed by atoms with Crippen LogP contribution in [-0.4, -0.2) is 33.5 Å². The molecule has 1 aliphatic heterocycles. The number of rotatable bonds is 2. The van der Waals surface area contributed by atoms with Crippen molar-refractivity contribution in [3.63, 3.8) is 0 Å². The fraction of sp³-hybridized carbons (Fsp3) is 0.375. The zero-order valence-corrected chi connectivity index (χ0v) is 12.4. The van der Waals surface area contributed by atoms with Gasteiger partial charge in [0.15, 0.2) is 5.89 Å². The van der Waals surface area contributed by atoms with Crippen molar-refractivity contribution in [2.45, 2.75) is 32.4 Å². The van der Waals surface area contributed by atoms with Gasteiger partial charge in [-0.2, -0.15) is 0 Å². The number of aliphatic hydroxyl groups excluding tert-OH is 1. The topological polar surface area (TPSA) is 66.6 Å². The van der Waals surface area contributed by atoms with Crippen LogP contribution in [0.15, 0.2) is 28.7 Å². The average molecular weight is 304 g/mol. The number of oxazole rings is 1. The van der Waals surface area contributed by atoms with Gasteiger partial charge in [-0.25, -0.2) is 9.37 Å². The van der Waals surface area contributed by atoms with Crippen LogP contribution in [0.2, 0.25) is 0 Å². The van der Waals surface area contributed by atoms with Crippen molar-refractivity contribution in [1.82, 2.24) is 9.88 Å². The molecular formula is C16H17FN2O3. The maximum atomic E-state index is 13.4. The molecule has 2 heterocycles. The molecule has 2 aromatic rings. The second-order valence-corrected chi connectivity index (χ2v) is 5.57. The Hall–Kier alpha value is -2.21. The first kappa shape index (κ1) is 14.7. The SMILES string of the molecule is Cc1nc(C)c(C(=O)N2C[C@H](O)C[C@@H]2c2cccc(F)c2)o1. The summed E-state index contributed by atoms with van der Waals surface area (Å²) >= 11 is 0. The number of aryl methyl sites for hydroxylation is 2. The van der Waals surface area contributed by atoms with Crippen LogP contribution in [-0.2, 0) is 0 Å². The van der Waals surface area contributed by atoms with E-state index >= 15 is 0 Å². The average Bonchev–Trinajstić information content (AvgIpc) is 3.01. The van der Waals surface area contributed by atoms with E-state index in [1.54, 1.807) is 26.0 Å². The van der Waals surface area contributed by atoms with E-state index in [2.05, 4.69) is 4.98 Å². The van der Waals surface area contributed by atoms with E-state index in [0.29, 0.717) is 23.6 Å². The number of aromatic nitrogens is 1. The van der Waals surface area contributed by atoms with Crippen LogP contribution in [0, 0.1) is 19.7 Å². The standard InChI is InChI=1S/C16H17FN2O3/c1-9-15(22-10(2)18-9)16(21)19-8-13(20)7-14(19)11-4-3-5-12(17)6-11/h3-6,13-14,20H,7-8H2,1-2H3/t13-,14-/m1/s1. The highest BCUT2D eigenvalue weighted by atomic mass is 19.1. The highest BCUT2D eigenvalue weighted by Crippen LogP contribution is 2.34. The molecule has 0 saturated carbocycles. The molecule has 1 fully saturated rings. The lowest BCUT2D eigenvalue weighted by atomic mass is 10.0. The monoisotopic (exact) mass is 304 g/mol. The van der Waals surface area contributed by atoms with Gasteiger partial charge in [0.1, 0.15) is 5.82 Å². The lowest BCUT2D eigenvalue weighted by Gasteiger charge is -2.24. The van der Waals surface area contributed by atoms with Crippen molar-refractivity contribution < 1.29 is 18.7 Å². The molecule has 22 heavy (non-hydrogen) atoms. The van der Waals surface area contributed by atoms with Crippen molar-refractivity contribution in [3.05, 3.63) is 53.0 Å². The second-order valence-electron chi connectivity index (χ2n) is 5.57. The number of β-amino-alcohol motifs (C(OH)–C–C–N with tert-alkyl or cyclic N) is 1. The molecule has 1 aromatic carbocycles. The normalized spacial score (nSPS) is 21.4. The van der Waals surface area contributed by atoms with E-state index < -0.39 is 6.10 Å². The third-order valence-corrected chi connectivity index (χ3v) is 3.87. The molecule has 1 N–H and O–H groups in total. The van der Waals surface area contributed by atoms with Crippen LogP contribution in [0.1, 0.15) is 40.2 Å². The van der Waals surface area contributed by atoms with Gasteiger partial charge >= 0.3 is 0 Å². The van der Waals surface area contributed by atoms with Gasteiger partial charge in [-0.15, -0.1) is 0 Å². The Morgan fingerprint density at radius 1 is 1.45 bits per heavy atom. The molecule has 0 aliphatic carbocycles. The number of aliphatic hydroxyl groups is 1. The number of nitrogens with zero attached hydrogens (tertiary/aromatic N) is 2. The number of hydrogen-bond acceptors (Lipinski definition) is 4. The molecule has 1 amide bonds. The number of amides is 1. The van der Waals surface area contributed by atoms with E-state index in [9.17, 15) is 14.3 Å². The fourth-order valence-corrected chi connectivity index (χ4v) is 2.93. The highest BCUT2D eigenvalue weighted by molar-refractivity contribution is 5.93. The molecule has 5 nitrogen and oxygen atoms in total. The van der Waals surface area contributed by atoms with Crippen LogP contribution in [0.5, 0.6) is 0 Å². The lowest BCUT2D eigenvalue weighted by Crippen LogP contribution is -2.32. The summed E-state index contributed by atoms with van der Waals surface area (Å²) in [6.07, 6.45) is -0.261. The van der Waals surface area contributed by atoms with Gasteiger partial charge < -0.3 is 14.4 Å². The van der Waals surface area contributed by atoms with E-state index in [-0.39, 0.29) is 30.1 Å². The molecule has 116 valence electrons. The molecule has 2 atom stereocenters. The molecule has 1 aromatic heterocycles. The highest BCUT2D eigenvalue weighted by Gasteiger charge is 2.37. The number of benzene rings is 1. The quantitative estimate of drug-likeness (QED) is 0.925. The van der Waals surface area contributed by atoms with Crippen LogP contribution in [0.4, 0.5) is 4.39 Å². The fourth-order valence-electron chi connectivity index (χ4n) is 2.93. The summed E-state index contributed by atoms with van der Waals surface area (Å²) in [6.45, 7) is 3.57. The molecule has 6 heteroatoms. The van der Waals surface area contributed by atoms with E-state index in [1.807, 2.05) is 0 Å². The van der Waals surface area contributed by atoms with Crippen LogP contribution < -0.4 is 0 Å². The second kappa shape index (κ2) is 5.53. The smallest absolute Gasteiger partial charge is 0.292 e. The van der Waals surface area contributed by atoms with Crippen molar-refractivity contribution in [2.24, 2.45) is 0 Å². The van der Waals surface area contributed by atoms with Gasteiger partial charge in [0.2, 0.25) is 5.76 Å². The molecule has 1 aliphatic rings. The molecule has 0 radical (unpaired) electrons. The Bertz CT molecular complexity index is 713. The van der Waals surface area contributed by atoms with Gasteiger partial charge in [0, 0.05) is 13.5 Å². The summed E-state index contributed by atoms with van der Waals surface area (Å²) < 4.78 is 18.8. The third kappa shape index (κ3) is 2.62. The summed E-state index contributed by atoms with van der Waals surface area (Å²) in [6, 6.07) is 5.72. The maximum Gasteiger partial charge on any atom is 0.292 e. The third-order valence-electron chi connectivity index (χ3n) is 3.87. The van der Waals surface area contributed by atoms with Crippen LogP contribution >= 0.6 is 0 Å². The van der Waals surface area contributed by atoms with Gasteiger partial charge in [0.05, 0.1) is 17.8 Å². The zero-order valence-electron chi connectivity index (χ0n) is 12.4. The lowest BCUT2D eigenvalue weighted by molar-refractivity contribution is 0.0681. The Labute approximate surface area is 127 Å². The summed E-state index contributed by atoms with van der Waals surface area (Å²) in [5.74, 6) is -0.0993. The Kier molecular flexibility index (Phi) is 3.70. The number of carbonyl (C=O) groups excluding carboxylic acids is 1. The van der Waals surface area contributed by atoms with Gasteiger partial charge in [0.25, 0.3) is 5.91 Å².